The van der Waals surface area contributed by atoms with Crippen LogP contribution in [0.3, 0.4) is 0 Å². The SMILES string of the molecule is CCCOC1CCCN(C(=O)CN2CCC(c3cc(=O)n4c(n3)CCCCC4)C2)C1. The van der Waals surface area contributed by atoms with Crippen LogP contribution in [0.25, 0.3) is 0 Å². The zero-order valence-electron chi connectivity index (χ0n) is 18.4. The highest BCUT2D eigenvalue weighted by atomic mass is 16.5. The molecule has 1 aromatic heterocycles. The van der Waals surface area contributed by atoms with Crippen molar-refractivity contribution in [2.75, 3.05) is 39.3 Å². The van der Waals surface area contributed by atoms with E-state index in [1.165, 1.54) is 0 Å². The Hall–Kier alpha value is -1.73. The van der Waals surface area contributed by atoms with Crippen LogP contribution in [-0.4, -0.2) is 70.7 Å². The summed E-state index contributed by atoms with van der Waals surface area (Å²) in [5.74, 6) is 1.41. The molecule has 4 rings (SSSR count). The second-order valence-corrected chi connectivity index (χ2v) is 9.09. The first-order valence-electron chi connectivity index (χ1n) is 11.9. The lowest BCUT2D eigenvalue weighted by molar-refractivity contribution is -0.136. The number of carbonyl (C=O) groups is 1. The van der Waals surface area contributed by atoms with Crippen molar-refractivity contribution < 1.29 is 9.53 Å². The van der Waals surface area contributed by atoms with Crippen molar-refractivity contribution >= 4 is 5.91 Å². The van der Waals surface area contributed by atoms with Crippen molar-refractivity contribution in [1.82, 2.24) is 19.4 Å². The van der Waals surface area contributed by atoms with Gasteiger partial charge in [-0.15, -0.1) is 0 Å². The number of likely N-dealkylation sites (tertiary alicyclic amines) is 2. The fourth-order valence-electron chi connectivity index (χ4n) is 5.04. The van der Waals surface area contributed by atoms with E-state index in [-0.39, 0.29) is 23.5 Å². The number of ether oxygens (including phenoxy) is 1. The van der Waals surface area contributed by atoms with E-state index in [2.05, 4.69) is 11.8 Å². The first-order chi connectivity index (χ1) is 14.6. The number of carbonyl (C=O) groups excluding carboxylic acids is 1. The average Bonchev–Trinajstić information content (AvgIpc) is 3.08. The second-order valence-electron chi connectivity index (χ2n) is 9.09. The third kappa shape index (κ3) is 5.11. The van der Waals surface area contributed by atoms with Gasteiger partial charge in [-0.1, -0.05) is 13.3 Å². The van der Waals surface area contributed by atoms with E-state index in [4.69, 9.17) is 9.72 Å². The highest BCUT2D eigenvalue weighted by Crippen LogP contribution is 2.26. The molecule has 1 aromatic rings. The monoisotopic (exact) mass is 416 g/mol. The highest BCUT2D eigenvalue weighted by Gasteiger charge is 2.30. The maximum Gasteiger partial charge on any atom is 0.253 e. The number of hydrogen-bond donors (Lipinski definition) is 0. The molecule has 4 heterocycles. The average molecular weight is 417 g/mol. The molecule has 7 nitrogen and oxygen atoms in total. The van der Waals surface area contributed by atoms with Gasteiger partial charge in [-0.25, -0.2) is 4.98 Å². The largest absolute Gasteiger partial charge is 0.376 e. The molecular formula is C23H36N4O3. The Labute approximate surface area is 179 Å². The Balaban J connectivity index is 1.33. The Bertz CT molecular complexity index is 793. The number of hydrogen-bond acceptors (Lipinski definition) is 5. The minimum absolute atomic E-state index is 0.0952. The molecule has 1 amide bonds. The van der Waals surface area contributed by atoms with E-state index >= 15 is 0 Å². The molecule has 166 valence electrons. The summed E-state index contributed by atoms with van der Waals surface area (Å²) in [7, 11) is 0. The predicted octanol–water partition coefficient (Wildman–Crippen LogP) is 2.18. The molecule has 2 saturated heterocycles. The summed E-state index contributed by atoms with van der Waals surface area (Å²) < 4.78 is 7.74. The third-order valence-electron chi connectivity index (χ3n) is 6.73. The number of nitrogens with zero attached hydrogens (tertiary/aromatic N) is 4. The van der Waals surface area contributed by atoms with Crippen LogP contribution in [0.5, 0.6) is 0 Å². The van der Waals surface area contributed by atoms with Crippen molar-refractivity contribution in [3.8, 4) is 0 Å². The normalized spacial score (nSPS) is 25.2. The van der Waals surface area contributed by atoms with Crippen LogP contribution in [-0.2, 0) is 22.5 Å². The number of piperidine rings is 1. The predicted molar refractivity (Wildman–Crippen MR) is 116 cm³/mol. The highest BCUT2D eigenvalue weighted by molar-refractivity contribution is 5.78. The van der Waals surface area contributed by atoms with Gasteiger partial charge in [0.05, 0.1) is 18.3 Å². The van der Waals surface area contributed by atoms with E-state index in [9.17, 15) is 9.59 Å². The Morgan fingerprint density at radius 2 is 2.03 bits per heavy atom. The van der Waals surface area contributed by atoms with Crippen molar-refractivity contribution in [3.63, 3.8) is 0 Å². The lowest BCUT2D eigenvalue weighted by Crippen LogP contribution is -2.47. The minimum atomic E-state index is 0.0952. The fourth-order valence-corrected chi connectivity index (χ4v) is 5.04. The quantitative estimate of drug-likeness (QED) is 0.711. The smallest absolute Gasteiger partial charge is 0.253 e. The summed E-state index contributed by atoms with van der Waals surface area (Å²) in [5.41, 5.74) is 1.02. The van der Waals surface area contributed by atoms with Crippen LogP contribution in [0, 0.1) is 0 Å². The van der Waals surface area contributed by atoms with E-state index < -0.39 is 0 Å². The molecule has 0 radical (unpaired) electrons. The van der Waals surface area contributed by atoms with E-state index in [0.717, 1.165) is 102 Å². The van der Waals surface area contributed by atoms with Crippen molar-refractivity contribution in [3.05, 3.63) is 27.9 Å². The zero-order chi connectivity index (χ0) is 20.9. The van der Waals surface area contributed by atoms with Gasteiger partial charge in [0.25, 0.3) is 5.56 Å². The lowest BCUT2D eigenvalue weighted by Gasteiger charge is -2.33. The topological polar surface area (TPSA) is 67.7 Å². The Kier molecular flexibility index (Phi) is 7.20. The molecule has 0 N–H and O–H groups in total. The molecule has 0 aromatic carbocycles. The lowest BCUT2D eigenvalue weighted by atomic mass is 10.0. The fraction of sp³-hybridized carbons (Fsp3) is 0.783. The molecule has 3 aliphatic rings. The van der Waals surface area contributed by atoms with Gasteiger partial charge in [0, 0.05) is 51.2 Å². The Morgan fingerprint density at radius 1 is 1.13 bits per heavy atom. The zero-order valence-corrected chi connectivity index (χ0v) is 18.4. The summed E-state index contributed by atoms with van der Waals surface area (Å²) in [6.07, 6.45) is 8.47. The van der Waals surface area contributed by atoms with Crippen LogP contribution in [0.2, 0.25) is 0 Å². The van der Waals surface area contributed by atoms with Gasteiger partial charge < -0.3 is 9.64 Å². The van der Waals surface area contributed by atoms with Gasteiger partial charge in [0.1, 0.15) is 5.82 Å². The van der Waals surface area contributed by atoms with Crippen molar-refractivity contribution in [2.45, 2.75) is 76.9 Å². The van der Waals surface area contributed by atoms with Crippen molar-refractivity contribution in [2.24, 2.45) is 0 Å². The summed E-state index contributed by atoms with van der Waals surface area (Å²) in [4.78, 5) is 34.6. The van der Waals surface area contributed by atoms with Crippen LogP contribution in [0.15, 0.2) is 10.9 Å². The second kappa shape index (κ2) is 10.1. The van der Waals surface area contributed by atoms with E-state index in [1.54, 1.807) is 6.07 Å². The van der Waals surface area contributed by atoms with Crippen LogP contribution >= 0.6 is 0 Å². The van der Waals surface area contributed by atoms with Crippen LogP contribution in [0.1, 0.15) is 69.3 Å². The van der Waals surface area contributed by atoms with Crippen molar-refractivity contribution in [1.29, 1.82) is 0 Å². The minimum Gasteiger partial charge on any atom is -0.376 e. The molecule has 7 heteroatoms. The first kappa shape index (κ1) is 21.5. The molecule has 0 saturated carbocycles. The molecule has 0 spiro atoms. The van der Waals surface area contributed by atoms with E-state index in [1.807, 2.05) is 9.47 Å². The van der Waals surface area contributed by atoms with Gasteiger partial charge in [-0.2, -0.15) is 0 Å². The number of aryl methyl sites for hydroxylation is 1. The summed E-state index contributed by atoms with van der Waals surface area (Å²) in [6, 6.07) is 1.74. The summed E-state index contributed by atoms with van der Waals surface area (Å²) in [5, 5.41) is 0. The standard InChI is InChI=1S/C23H36N4O3/c1-2-13-30-19-7-6-10-26(16-19)23(29)17-25-12-9-18(15-25)20-14-22(28)27-11-5-3-4-8-21(27)24-20/h14,18-19H,2-13,15-17H2,1H3. The van der Waals surface area contributed by atoms with Crippen LogP contribution in [0.4, 0.5) is 0 Å². The molecule has 0 bridgehead atoms. The van der Waals surface area contributed by atoms with Gasteiger partial charge in [-0.05, 0) is 45.1 Å². The molecule has 30 heavy (non-hydrogen) atoms. The number of amides is 1. The molecule has 3 aliphatic heterocycles. The first-order valence-corrected chi connectivity index (χ1v) is 11.9. The van der Waals surface area contributed by atoms with Gasteiger partial charge in [0.15, 0.2) is 0 Å². The number of fused-ring (bicyclic) bond motifs is 1. The Morgan fingerprint density at radius 3 is 2.90 bits per heavy atom. The molecular weight excluding hydrogens is 380 g/mol. The van der Waals surface area contributed by atoms with Gasteiger partial charge in [0.2, 0.25) is 5.91 Å². The van der Waals surface area contributed by atoms with Gasteiger partial charge >= 0.3 is 0 Å². The molecule has 2 fully saturated rings. The van der Waals surface area contributed by atoms with Gasteiger partial charge in [-0.3, -0.25) is 19.1 Å². The van der Waals surface area contributed by atoms with Crippen LogP contribution < -0.4 is 5.56 Å². The molecule has 2 unspecified atom stereocenters. The number of aromatic nitrogens is 2. The summed E-state index contributed by atoms with van der Waals surface area (Å²) >= 11 is 0. The third-order valence-corrected chi connectivity index (χ3v) is 6.73. The molecule has 2 atom stereocenters. The summed E-state index contributed by atoms with van der Waals surface area (Å²) in [6.45, 7) is 7.40. The van der Waals surface area contributed by atoms with E-state index in [0.29, 0.717) is 6.54 Å². The maximum atomic E-state index is 12.9. The molecule has 0 aliphatic carbocycles. The maximum absolute atomic E-state index is 12.9. The number of rotatable bonds is 6.